The molecule has 6 heteroatoms. The maximum Gasteiger partial charge on any atom is 0.247 e. The highest BCUT2D eigenvalue weighted by atomic mass is 32.2. The van der Waals surface area contributed by atoms with E-state index in [2.05, 4.69) is 16.0 Å². The Balaban J connectivity index is 2.35. The van der Waals surface area contributed by atoms with Crippen molar-refractivity contribution in [3.8, 4) is 6.07 Å². The summed E-state index contributed by atoms with van der Waals surface area (Å²) in [6.07, 6.45) is 5.75. The number of aromatic nitrogens is 2. The zero-order valence-corrected chi connectivity index (χ0v) is 10.1. The second kappa shape index (κ2) is 4.80. The van der Waals surface area contributed by atoms with Gasteiger partial charge in [0.2, 0.25) is 15.0 Å². The third-order valence-electron chi connectivity index (χ3n) is 3.06. The van der Waals surface area contributed by atoms with Crippen LogP contribution in [0.25, 0.3) is 0 Å². The average Bonchev–Trinajstić information content (AvgIpc) is 2.39. The molecule has 0 N–H and O–H groups in total. The van der Waals surface area contributed by atoms with Crippen LogP contribution in [0.4, 0.5) is 0 Å². The van der Waals surface area contributed by atoms with Crippen molar-refractivity contribution >= 4 is 9.84 Å². The number of nitriles is 1. The Morgan fingerprint density at radius 2 is 1.88 bits per heavy atom. The minimum absolute atomic E-state index is 0.160. The van der Waals surface area contributed by atoms with E-state index >= 15 is 0 Å². The van der Waals surface area contributed by atoms with Gasteiger partial charge in [-0.25, -0.2) is 18.4 Å². The molecule has 1 aliphatic carbocycles. The lowest BCUT2D eigenvalue weighted by molar-refractivity contribution is 0.416. The quantitative estimate of drug-likeness (QED) is 0.740. The van der Waals surface area contributed by atoms with Gasteiger partial charge in [-0.15, -0.1) is 0 Å². The number of rotatable bonds is 2. The summed E-state index contributed by atoms with van der Waals surface area (Å²) in [5.74, 6) is -0.433. The van der Waals surface area contributed by atoms with Crippen LogP contribution in [0.3, 0.4) is 0 Å². The van der Waals surface area contributed by atoms with E-state index in [4.69, 9.17) is 5.26 Å². The van der Waals surface area contributed by atoms with Gasteiger partial charge in [0, 0.05) is 12.4 Å². The predicted octanol–water partition coefficient (Wildman–Crippen LogP) is 1.33. The van der Waals surface area contributed by atoms with Crippen LogP contribution >= 0.6 is 0 Å². The Morgan fingerprint density at radius 3 is 2.53 bits per heavy atom. The Bertz CT molecular complexity index is 521. The minimum Gasteiger partial charge on any atom is -0.227 e. The molecule has 0 unspecified atom stereocenters. The topological polar surface area (TPSA) is 83.7 Å². The molecule has 0 aliphatic heterocycles. The van der Waals surface area contributed by atoms with Gasteiger partial charge >= 0.3 is 0 Å². The van der Waals surface area contributed by atoms with Crippen LogP contribution in [0.5, 0.6) is 0 Å². The summed E-state index contributed by atoms with van der Waals surface area (Å²) in [7, 11) is -3.57. The standard InChI is InChI=1S/C11H13N3O2S/c12-8-9-4-1-2-5-10(9)17(15,16)11-13-6-3-7-14-11/h3,6-7,9-10H,1-2,4-5H2/t9-,10-/m1/s1. The van der Waals surface area contributed by atoms with Crippen LogP contribution in [0, 0.1) is 17.2 Å². The van der Waals surface area contributed by atoms with Crippen molar-refractivity contribution in [1.82, 2.24) is 9.97 Å². The molecule has 0 radical (unpaired) electrons. The largest absolute Gasteiger partial charge is 0.247 e. The molecule has 1 aromatic rings. The maximum absolute atomic E-state index is 12.3. The molecule has 1 aromatic heterocycles. The summed E-state index contributed by atoms with van der Waals surface area (Å²) in [5.41, 5.74) is 0. The number of hydrogen-bond acceptors (Lipinski definition) is 5. The minimum atomic E-state index is -3.57. The summed E-state index contributed by atoms with van der Waals surface area (Å²) in [6.45, 7) is 0. The van der Waals surface area contributed by atoms with Gasteiger partial charge in [-0.1, -0.05) is 12.8 Å². The highest BCUT2D eigenvalue weighted by molar-refractivity contribution is 7.91. The van der Waals surface area contributed by atoms with Gasteiger partial charge < -0.3 is 0 Å². The fourth-order valence-electron chi connectivity index (χ4n) is 2.18. The molecule has 2 atom stereocenters. The molecule has 0 saturated heterocycles. The van der Waals surface area contributed by atoms with E-state index in [1.165, 1.54) is 12.4 Å². The van der Waals surface area contributed by atoms with Crippen molar-refractivity contribution in [3.63, 3.8) is 0 Å². The van der Waals surface area contributed by atoms with Crippen LogP contribution in [0.2, 0.25) is 0 Å². The van der Waals surface area contributed by atoms with E-state index in [-0.39, 0.29) is 5.16 Å². The van der Waals surface area contributed by atoms with Crippen molar-refractivity contribution in [1.29, 1.82) is 5.26 Å². The van der Waals surface area contributed by atoms with E-state index in [1.54, 1.807) is 6.07 Å². The molecule has 0 aromatic carbocycles. The van der Waals surface area contributed by atoms with Gasteiger partial charge in [0.15, 0.2) is 0 Å². The predicted molar refractivity (Wildman–Crippen MR) is 60.6 cm³/mol. The molecule has 17 heavy (non-hydrogen) atoms. The van der Waals surface area contributed by atoms with Gasteiger partial charge in [-0.05, 0) is 18.9 Å². The highest BCUT2D eigenvalue weighted by Crippen LogP contribution is 2.31. The first kappa shape index (κ1) is 12.0. The fraction of sp³-hybridized carbons (Fsp3) is 0.545. The van der Waals surface area contributed by atoms with Gasteiger partial charge in [0.25, 0.3) is 0 Å². The molecule has 90 valence electrons. The van der Waals surface area contributed by atoms with Gasteiger partial charge in [0.1, 0.15) is 0 Å². The molecule has 1 fully saturated rings. The lowest BCUT2D eigenvalue weighted by Crippen LogP contribution is -2.33. The van der Waals surface area contributed by atoms with Gasteiger partial charge in [-0.2, -0.15) is 5.26 Å². The Hall–Kier alpha value is -1.48. The summed E-state index contributed by atoms with van der Waals surface area (Å²) >= 11 is 0. The fourth-order valence-corrected chi connectivity index (χ4v) is 3.98. The average molecular weight is 251 g/mol. The molecule has 5 nitrogen and oxygen atoms in total. The molecule has 0 amide bonds. The van der Waals surface area contributed by atoms with Crippen LogP contribution in [0.1, 0.15) is 25.7 Å². The van der Waals surface area contributed by atoms with Crippen LogP contribution in [-0.4, -0.2) is 23.6 Å². The summed E-state index contributed by atoms with van der Waals surface area (Å²) in [6, 6.07) is 3.67. The van der Waals surface area contributed by atoms with E-state index in [9.17, 15) is 8.42 Å². The van der Waals surface area contributed by atoms with Gasteiger partial charge in [0.05, 0.1) is 17.2 Å². The normalized spacial score (nSPS) is 25.1. The Kier molecular flexibility index (Phi) is 3.38. The first-order valence-electron chi connectivity index (χ1n) is 5.57. The smallest absolute Gasteiger partial charge is 0.227 e. The molecule has 0 spiro atoms. The van der Waals surface area contributed by atoms with Crippen molar-refractivity contribution in [3.05, 3.63) is 18.5 Å². The van der Waals surface area contributed by atoms with E-state index in [0.717, 1.165) is 12.8 Å². The first-order chi connectivity index (χ1) is 8.16. The van der Waals surface area contributed by atoms with Crippen LogP contribution < -0.4 is 0 Å². The molecule has 1 heterocycles. The SMILES string of the molecule is N#C[C@H]1CCCC[C@H]1S(=O)(=O)c1ncccn1. The molecular weight excluding hydrogens is 238 g/mol. The zero-order valence-electron chi connectivity index (χ0n) is 9.28. The summed E-state index contributed by atoms with van der Waals surface area (Å²) < 4.78 is 24.6. The third-order valence-corrected chi connectivity index (χ3v) is 5.14. The molecule has 1 saturated carbocycles. The van der Waals surface area contributed by atoms with Gasteiger partial charge in [-0.3, -0.25) is 0 Å². The molecule has 0 bridgehead atoms. The second-order valence-electron chi connectivity index (χ2n) is 4.13. The van der Waals surface area contributed by atoms with Crippen LogP contribution in [-0.2, 0) is 9.84 Å². The van der Waals surface area contributed by atoms with Crippen molar-refractivity contribution in [2.75, 3.05) is 0 Å². The summed E-state index contributed by atoms with van der Waals surface area (Å²) in [4.78, 5) is 7.57. The number of nitrogens with zero attached hydrogens (tertiary/aromatic N) is 3. The number of sulfone groups is 1. The van der Waals surface area contributed by atoms with E-state index in [1.807, 2.05) is 0 Å². The van der Waals surface area contributed by atoms with Crippen molar-refractivity contribution < 1.29 is 8.42 Å². The third kappa shape index (κ3) is 2.29. The second-order valence-corrected chi connectivity index (χ2v) is 6.20. The van der Waals surface area contributed by atoms with Crippen molar-refractivity contribution in [2.45, 2.75) is 36.1 Å². The molecule has 2 rings (SSSR count). The highest BCUT2D eigenvalue weighted by Gasteiger charge is 2.38. The Morgan fingerprint density at radius 1 is 1.24 bits per heavy atom. The lowest BCUT2D eigenvalue weighted by Gasteiger charge is -2.25. The first-order valence-corrected chi connectivity index (χ1v) is 7.11. The van der Waals surface area contributed by atoms with Crippen LogP contribution in [0.15, 0.2) is 23.6 Å². The van der Waals surface area contributed by atoms with E-state index in [0.29, 0.717) is 12.8 Å². The monoisotopic (exact) mass is 251 g/mol. The van der Waals surface area contributed by atoms with Crippen molar-refractivity contribution in [2.24, 2.45) is 5.92 Å². The number of hydrogen-bond donors (Lipinski definition) is 0. The zero-order chi connectivity index (χ0) is 12.3. The maximum atomic E-state index is 12.3. The lowest BCUT2D eigenvalue weighted by atomic mass is 9.90. The van der Waals surface area contributed by atoms with E-state index < -0.39 is 21.0 Å². The Labute approximate surface area is 100 Å². The molecular formula is C11H13N3O2S. The summed E-state index contributed by atoms with van der Waals surface area (Å²) in [5, 5.41) is 8.21. The molecule has 1 aliphatic rings.